The SMILES string of the molecule is CCN(CC)CCCCCCCCSc1cc(F)cc2c1C(=O)N(C1CCC(=O)NC1=O)C2=O. The lowest BCUT2D eigenvalue weighted by Crippen LogP contribution is -2.54. The van der Waals surface area contributed by atoms with Crippen molar-refractivity contribution in [2.45, 2.75) is 76.2 Å². The van der Waals surface area contributed by atoms with Crippen molar-refractivity contribution in [3.8, 4) is 0 Å². The maximum absolute atomic E-state index is 14.3. The smallest absolute Gasteiger partial charge is 0.263 e. The molecule has 1 unspecified atom stereocenters. The number of fused-ring (bicyclic) bond motifs is 1. The summed E-state index contributed by atoms with van der Waals surface area (Å²) in [5.41, 5.74) is 0.155. The van der Waals surface area contributed by atoms with E-state index in [1.807, 2.05) is 0 Å². The van der Waals surface area contributed by atoms with Crippen molar-refractivity contribution >= 4 is 35.4 Å². The third kappa shape index (κ3) is 6.24. The van der Waals surface area contributed by atoms with Crippen LogP contribution in [0.3, 0.4) is 0 Å². The molecule has 2 aliphatic heterocycles. The van der Waals surface area contributed by atoms with Gasteiger partial charge in [0.2, 0.25) is 11.8 Å². The summed E-state index contributed by atoms with van der Waals surface area (Å²) < 4.78 is 14.3. The number of piperidine rings is 1. The first-order valence-electron chi connectivity index (χ1n) is 12.3. The van der Waals surface area contributed by atoms with E-state index >= 15 is 0 Å². The molecule has 1 fully saturated rings. The molecule has 4 amide bonds. The number of hydrogen-bond acceptors (Lipinski definition) is 6. The minimum atomic E-state index is -1.05. The van der Waals surface area contributed by atoms with Crippen molar-refractivity contribution in [1.29, 1.82) is 0 Å². The summed E-state index contributed by atoms with van der Waals surface area (Å²) in [7, 11) is 0. The maximum atomic E-state index is 14.3. The molecule has 0 aromatic heterocycles. The van der Waals surface area contributed by atoms with E-state index in [-0.39, 0.29) is 24.0 Å². The van der Waals surface area contributed by atoms with Crippen LogP contribution in [0.4, 0.5) is 4.39 Å². The summed E-state index contributed by atoms with van der Waals surface area (Å²) in [4.78, 5) is 53.4. The quantitative estimate of drug-likeness (QED) is 0.255. The van der Waals surface area contributed by atoms with Gasteiger partial charge in [-0.15, -0.1) is 11.8 Å². The first-order valence-corrected chi connectivity index (χ1v) is 13.3. The molecule has 0 bridgehead atoms. The van der Waals surface area contributed by atoms with Gasteiger partial charge in [0, 0.05) is 11.3 Å². The highest BCUT2D eigenvalue weighted by Gasteiger charge is 2.45. The average molecular weight is 492 g/mol. The Hall–Kier alpha value is -2.26. The van der Waals surface area contributed by atoms with Gasteiger partial charge in [-0.25, -0.2) is 4.39 Å². The van der Waals surface area contributed by atoms with Gasteiger partial charge in [0.1, 0.15) is 11.9 Å². The number of nitrogens with zero attached hydrogens (tertiary/aromatic N) is 2. The molecule has 0 saturated carbocycles. The zero-order chi connectivity index (χ0) is 24.7. The Labute approximate surface area is 204 Å². The maximum Gasteiger partial charge on any atom is 0.263 e. The molecule has 0 spiro atoms. The van der Waals surface area contributed by atoms with Crippen LogP contribution in [0.1, 0.15) is 85.9 Å². The van der Waals surface area contributed by atoms with Crippen LogP contribution in [0, 0.1) is 5.82 Å². The van der Waals surface area contributed by atoms with Crippen molar-refractivity contribution in [3.05, 3.63) is 29.1 Å². The Morgan fingerprint density at radius 2 is 1.68 bits per heavy atom. The first-order chi connectivity index (χ1) is 16.4. The number of hydrogen-bond donors (Lipinski definition) is 1. The number of benzene rings is 1. The molecule has 1 N–H and O–H groups in total. The number of carbonyl (C=O) groups excluding carboxylic acids is 4. The molecule has 9 heteroatoms. The van der Waals surface area contributed by atoms with E-state index in [0.717, 1.165) is 55.6 Å². The largest absolute Gasteiger partial charge is 0.304 e. The Kier molecular flexibility index (Phi) is 9.64. The zero-order valence-electron chi connectivity index (χ0n) is 20.0. The minimum Gasteiger partial charge on any atom is -0.304 e. The van der Waals surface area contributed by atoms with Crippen LogP contribution in [0.2, 0.25) is 0 Å². The molecular formula is C25H34FN3O4S. The molecule has 1 aromatic carbocycles. The molecule has 34 heavy (non-hydrogen) atoms. The molecule has 1 aromatic rings. The van der Waals surface area contributed by atoms with E-state index < -0.39 is 35.5 Å². The van der Waals surface area contributed by atoms with Crippen LogP contribution < -0.4 is 5.32 Å². The van der Waals surface area contributed by atoms with Gasteiger partial charge in [-0.3, -0.25) is 29.4 Å². The molecular weight excluding hydrogens is 457 g/mol. The van der Waals surface area contributed by atoms with E-state index in [9.17, 15) is 23.6 Å². The molecule has 2 aliphatic rings. The fraction of sp³-hybridized carbons (Fsp3) is 0.600. The zero-order valence-corrected chi connectivity index (χ0v) is 20.8. The van der Waals surface area contributed by atoms with E-state index in [4.69, 9.17) is 0 Å². The van der Waals surface area contributed by atoms with Gasteiger partial charge in [0.05, 0.1) is 11.1 Å². The third-order valence-corrected chi connectivity index (χ3v) is 7.62. The van der Waals surface area contributed by atoms with E-state index in [1.165, 1.54) is 37.1 Å². The number of imide groups is 2. The number of amides is 4. The summed E-state index contributed by atoms with van der Waals surface area (Å²) in [6, 6.07) is 1.30. The van der Waals surface area contributed by atoms with Crippen LogP contribution in [-0.4, -0.2) is 64.9 Å². The Balaban J connectivity index is 1.51. The van der Waals surface area contributed by atoms with Crippen molar-refractivity contribution in [3.63, 3.8) is 0 Å². The fourth-order valence-corrected chi connectivity index (χ4v) is 5.61. The van der Waals surface area contributed by atoms with Gasteiger partial charge in [0.25, 0.3) is 11.8 Å². The molecule has 3 rings (SSSR count). The lowest BCUT2D eigenvalue weighted by Gasteiger charge is -2.27. The number of thioether (sulfide) groups is 1. The van der Waals surface area contributed by atoms with E-state index in [2.05, 4.69) is 24.1 Å². The van der Waals surface area contributed by atoms with E-state index in [0.29, 0.717) is 4.90 Å². The van der Waals surface area contributed by atoms with Crippen molar-refractivity contribution in [2.24, 2.45) is 0 Å². The Morgan fingerprint density at radius 1 is 1.00 bits per heavy atom. The highest BCUT2D eigenvalue weighted by atomic mass is 32.2. The number of unbranched alkanes of at least 4 members (excludes halogenated alkanes) is 5. The number of rotatable bonds is 13. The predicted octanol–water partition coefficient (Wildman–Crippen LogP) is 4.00. The topological polar surface area (TPSA) is 86.8 Å². The van der Waals surface area contributed by atoms with Gasteiger partial charge >= 0.3 is 0 Å². The van der Waals surface area contributed by atoms with Crippen LogP contribution >= 0.6 is 11.8 Å². The van der Waals surface area contributed by atoms with Crippen LogP contribution in [0.25, 0.3) is 0 Å². The molecule has 186 valence electrons. The third-order valence-electron chi connectivity index (χ3n) is 6.49. The van der Waals surface area contributed by atoms with Gasteiger partial charge in [-0.1, -0.05) is 39.5 Å². The Bertz CT molecular complexity index is 935. The number of halogens is 1. The first kappa shape index (κ1) is 26.3. The lowest BCUT2D eigenvalue weighted by molar-refractivity contribution is -0.136. The van der Waals surface area contributed by atoms with Gasteiger partial charge in [-0.2, -0.15) is 0 Å². The van der Waals surface area contributed by atoms with Crippen molar-refractivity contribution < 1.29 is 23.6 Å². The number of nitrogens with one attached hydrogen (secondary N) is 1. The van der Waals surface area contributed by atoms with Crippen molar-refractivity contribution in [2.75, 3.05) is 25.4 Å². The van der Waals surface area contributed by atoms with Gasteiger partial charge < -0.3 is 4.90 Å². The second-order valence-corrected chi connectivity index (χ2v) is 9.91. The monoisotopic (exact) mass is 491 g/mol. The summed E-state index contributed by atoms with van der Waals surface area (Å²) in [5.74, 6) is -2.23. The highest BCUT2D eigenvalue weighted by molar-refractivity contribution is 7.99. The summed E-state index contributed by atoms with van der Waals surface area (Å²) in [5, 5.41) is 2.17. The average Bonchev–Trinajstić information content (AvgIpc) is 3.05. The molecule has 1 atom stereocenters. The summed E-state index contributed by atoms with van der Waals surface area (Å²) in [6.07, 6.45) is 6.89. The van der Waals surface area contributed by atoms with Crippen LogP contribution in [0.5, 0.6) is 0 Å². The second kappa shape index (κ2) is 12.4. The lowest BCUT2D eigenvalue weighted by atomic mass is 10.0. The summed E-state index contributed by atoms with van der Waals surface area (Å²) >= 11 is 1.37. The normalized spacial score (nSPS) is 18.1. The predicted molar refractivity (Wildman–Crippen MR) is 129 cm³/mol. The summed E-state index contributed by atoms with van der Waals surface area (Å²) in [6.45, 7) is 7.71. The molecule has 7 nitrogen and oxygen atoms in total. The van der Waals surface area contributed by atoms with Crippen LogP contribution in [-0.2, 0) is 9.59 Å². The molecule has 2 heterocycles. The van der Waals surface area contributed by atoms with Gasteiger partial charge in [-0.05, 0) is 56.8 Å². The number of carbonyl (C=O) groups is 4. The molecule has 0 radical (unpaired) electrons. The Morgan fingerprint density at radius 3 is 2.35 bits per heavy atom. The highest BCUT2D eigenvalue weighted by Crippen LogP contribution is 2.35. The van der Waals surface area contributed by atoms with Crippen LogP contribution in [0.15, 0.2) is 17.0 Å². The second-order valence-electron chi connectivity index (χ2n) is 8.77. The molecule has 0 aliphatic carbocycles. The standard InChI is InChI=1S/C25H34FN3O4S/c1-3-28(4-2)13-9-7-5-6-8-10-14-34-20-16-17(26)15-18-22(20)25(33)29(24(18)32)19-11-12-21(30)27-23(19)31/h15-16,19H,3-14H2,1-2H3,(H,27,30,31). The van der Waals surface area contributed by atoms with E-state index in [1.54, 1.807) is 0 Å². The molecule has 1 saturated heterocycles. The fourth-order valence-electron chi connectivity index (χ4n) is 4.51. The minimum absolute atomic E-state index is 0.00889. The van der Waals surface area contributed by atoms with Crippen molar-refractivity contribution in [1.82, 2.24) is 15.1 Å². The van der Waals surface area contributed by atoms with Gasteiger partial charge in [0.15, 0.2) is 0 Å².